The highest BCUT2D eigenvalue weighted by atomic mass is 16.5. The summed E-state index contributed by atoms with van der Waals surface area (Å²) in [7, 11) is 3.20. The monoisotopic (exact) mass is 335 g/mol. The first-order valence-electron chi connectivity index (χ1n) is 8.12. The van der Waals surface area contributed by atoms with Crippen LogP contribution in [0, 0.1) is 0 Å². The lowest BCUT2D eigenvalue weighted by molar-refractivity contribution is -0.131. The molecule has 1 aromatic carbocycles. The molecule has 0 saturated heterocycles. The Labute approximate surface area is 142 Å². The maximum absolute atomic E-state index is 12.3. The molecule has 0 aromatic heterocycles. The molecule has 1 aliphatic rings. The topological polar surface area (TPSA) is 79.9 Å². The zero-order valence-corrected chi connectivity index (χ0v) is 14.5. The number of hydrogen-bond acceptors (Lipinski definition) is 4. The van der Waals surface area contributed by atoms with Crippen LogP contribution in [0.4, 0.5) is 4.79 Å². The molecule has 132 valence electrons. The first-order chi connectivity index (χ1) is 11.6. The van der Waals surface area contributed by atoms with Gasteiger partial charge < -0.3 is 25.0 Å². The fourth-order valence-electron chi connectivity index (χ4n) is 2.66. The summed E-state index contributed by atoms with van der Waals surface area (Å²) < 4.78 is 10.6. The molecule has 0 fully saturated rings. The molecule has 7 heteroatoms. The van der Waals surface area contributed by atoms with E-state index in [0.29, 0.717) is 31.1 Å². The molecule has 2 N–H and O–H groups in total. The van der Waals surface area contributed by atoms with Gasteiger partial charge in [-0.15, -0.1) is 0 Å². The van der Waals surface area contributed by atoms with Gasteiger partial charge in [0, 0.05) is 19.6 Å². The highest BCUT2D eigenvalue weighted by Crippen LogP contribution is 2.33. The SMILES string of the molecule is CCCNC(=O)NCC(=O)N1CCc2cc(OC)c(OC)cc2C1. The number of amides is 3. The summed E-state index contributed by atoms with van der Waals surface area (Å²) in [5.74, 6) is 1.26. The fourth-order valence-corrected chi connectivity index (χ4v) is 2.66. The number of hydrogen-bond donors (Lipinski definition) is 2. The lowest BCUT2D eigenvalue weighted by Gasteiger charge is -2.29. The molecule has 0 saturated carbocycles. The van der Waals surface area contributed by atoms with E-state index in [1.165, 1.54) is 0 Å². The molecular formula is C17H25N3O4. The van der Waals surface area contributed by atoms with E-state index in [2.05, 4.69) is 10.6 Å². The standard InChI is InChI=1S/C17H25N3O4/c1-4-6-18-17(22)19-10-16(21)20-7-5-12-8-14(23-2)15(24-3)9-13(12)11-20/h8-9H,4-7,10-11H2,1-3H3,(H2,18,19,22). The zero-order chi connectivity index (χ0) is 17.5. The van der Waals surface area contributed by atoms with Crippen LogP contribution in [0.25, 0.3) is 0 Å². The van der Waals surface area contributed by atoms with Gasteiger partial charge in [0.25, 0.3) is 0 Å². The number of carbonyl (C=O) groups is 2. The average molecular weight is 335 g/mol. The van der Waals surface area contributed by atoms with E-state index in [9.17, 15) is 9.59 Å². The smallest absolute Gasteiger partial charge is 0.315 e. The van der Waals surface area contributed by atoms with Crippen LogP contribution in [0.15, 0.2) is 12.1 Å². The van der Waals surface area contributed by atoms with Gasteiger partial charge in [-0.2, -0.15) is 0 Å². The fraction of sp³-hybridized carbons (Fsp3) is 0.529. The van der Waals surface area contributed by atoms with Gasteiger partial charge in [-0.05, 0) is 36.1 Å². The molecule has 24 heavy (non-hydrogen) atoms. The Hall–Kier alpha value is -2.44. The number of nitrogens with zero attached hydrogens (tertiary/aromatic N) is 1. The second kappa shape index (κ2) is 8.42. The third-order valence-corrected chi connectivity index (χ3v) is 4.01. The molecular weight excluding hydrogens is 310 g/mol. The van der Waals surface area contributed by atoms with Crippen molar-refractivity contribution in [2.45, 2.75) is 26.3 Å². The predicted octanol–water partition coefficient (Wildman–Crippen LogP) is 1.30. The van der Waals surface area contributed by atoms with E-state index < -0.39 is 0 Å². The lowest BCUT2D eigenvalue weighted by Crippen LogP contribution is -2.45. The maximum Gasteiger partial charge on any atom is 0.315 e. The van der Waals surface area contributed by atoms with Crippen LogP contribution in [0.1, 0.15) is 24.5 Å². The summed E-state index contributed by atoms with van der Waals surface area (Å²) in [6, 6.07) is 3.57. The van der Waals surface area contributed by atoms with Crippen LogP contribution in [0.3, 0.4) is 0 Å². The van der Waals surface area contributed by atoms with E-state index in [0.717, 1.165) is 24.0 Å². The summed E-state index contributed by atoms with van der Waals surface area (Å²) in [5.41, 5.74) is 2.20. The van der Waals surface area contributed by atoms with Crippen molar-refractivity contribution in [3.63, 3.8) is 0 Å². The Balaban J connectivity index is 1.96. The van der Waals surface area contributed by atoms with Gasteiger partial charge in [-0.25, -0.2) is 4.79 Å². The van der Waals surface area contributed by atoms with Gasteiger partial charge in [-0.1, -0.05) is 6.92 Å². The van der Waals surface area contributed by atoms with Gasteiger partial charge in [-0.3, -0.25) is 4.79 Å². The molecule has 1 heterocycles. The predicted molar refractivity (Wildman–Crippen MR) is 90.4 cm³/mol. The van der Waals surface area contributed by atoms with E-state index in [1.807, 2.05) is 19.1 Å². The number of nitrogens with one attached hydrogen (secondary N) is 2. The number of methoxy groups -OCH3 is 2. The average Bonchev–Trinajstić information content (AvgIpc) is 2.62. The normalized spacial score (nSPS) is 13.0. The summed E-state index contributed by atoms with van der Waals surface area (Å²) in [4.78, 5) is 25.6. The molecule has 0 atom stereocenters. The quantitative estimate of drug-likeness (QED) is 0.821. The van der Waals surface area contributed by atoms with Crippen molar-refractivity contribution in [2.24, 2.45) is 0 Å². The van der Waals surface area contributed by atoms with Crippen LogP contribution in [-0.2, 0) is 17.8 Å². The highest BCUT2D eigenvalue weighted by Gasteiger charge is 2.23. The number of carbonyl (C=O) groups excluding carboxylic acids is 2. The van der Waals surface area contributed by atoms with Crippen LogP contribution < -0.4 is 20.1 Å². The van der Waals surface area contributed by atoms with Gasteiger partial charge in [0.2, 0.25) is 5.91 Å². The molecule has 0 unspecified atom stereocenters. The van der Waals surface area contributed by atoms with Gasteiger partial charge >= 0.3 is 6.03 Å². The Morgan fingerprint density at radius 1 is 1.12 bits per heavy atom. The van der Waals surface area contributed by atoms with Gasteiger partial charge in [0.1, 0.15) is 0 Å². The Morgan fingerprint density at radius 3 is 2.42 bits per heavy atom. The van der Waals surface area contributed by atoms with Crippen LogP contribution >= 0.6 is 0 Å². The number of benzene rings is 1. The second-order valence-electron chi connectivity index (χ2n) is 5.65. The number of urea groups is 1. The molecule has 0 aliphatic carbocycles. The van der Waals surface area contributed by atoms with E-state index in [4.69, 9.17) is 9.47 Å². The molecule has 1 aromatic rings. The van der Waals surface area contributed by atoms with Crippen LogP contribution in [0.5, 0.6) is 11.5 Å². The van der Waals surface area contributed by atoms with E-state index in [-0.39, 0.29) is 18.5 Å². The van der Waals surface area contributed by atoms with Crippen LogP contribution in [-0.4, -0.2) is 50.7 Å². The van der Waals surface area contributed by atoms with Crippen molar-refractivity contribution in [3.05, 3.63) is 23.3 Å². The molecule has 3 amide bonds. The molecule has 0 spiro atoms. The van der Waals surface area contributed by atoms with Gasteiger partial charge in [0.15, 0.2) is 11.5 Å². The Bertz CT molecular complexity index is 604. The van der Waals surface area contributed by atoms with Crippen molar-refractivity contribution in [1.82, 2.24) is 15.5 Å². The second-order valence-corrected chi connectivity index (χ2v) is 5.65. The summed E-state index contributed by atoms with van der Waals surface area (Å²) in [6.07, 6.45) is 1.61. The van der Waals surface area contributed by atoms with Crippen molar-refractivity contribution in [1.29, 1.82) is 0 Å². The molecule has 0 bridgehead atoms. The largest absolute Gasteiger partial charge is 0.493 e. The molecule has 7 nitrogen and oxygen atoms in total. The van der Waals surface area contributed by atoms with Crippen LogP contribution in [0.2, 0.25) is 0 Å². The number of rotatable bonds is 6. The van der Waals surface area contributed by atoms with E-state index >= 15 is 0 Å². The molecule has 0 radical (unpaired) electrons. The minimum Gasteiger partial charge on any atom is -0.493 e. The van der Waals surface area contributed by atoms with Crippen molar-refractivity contribution < 1.29 is 19.1 Å². The van der Waals surface area contributed by atoms with Gasteiger partial charge in [0.05, 0.1) is 20.8 Å². The molecule has 2 rings (SSSR count). The van der Waals surface area contributed by atoms with Crippen molar-refractivity contribution in [2.75, 3.05) is 33.9 Å². The highest BCUT2D eigenvalue weighted by molar-refractivity contribution is 5.84. The van der Waals surface area contributed by atoms with Crippen molar-refractivity contribution in [3.8, 4) is 11.5 Å². The third-order valence-electron chi connectivity index (χ3n) is 4.01. The zero-order valence-electron chi connectivity index (χ0n) is 14.5. The third kappa shape index (κ3) is 4.31. The minimum absolute atomic E-state index is 0.00181. The summed E-state index contributed by atoms with van der Waals surface area (Å²) in [6.45, 7) is 3.70. The first kappa shape index (κ1) is 17.9. The number of fused-ring (bicyclic) bond motifs is 1. The lowest BCUT2D eigenvalue weighted by atomic mass is 9.98. The van der Waals surface area contributed by atoms with Crippen molar-refractivity contribution >= 4 is 11.9 Å². The Morgan fingerprint density at radius 2 is 1.79 bits per heavy atom. The summed E-state index contributed by atoms with van der Waals surface area (Å²) >= 11 is 0. The first-order valence-corrected chi connectivity index (χ1v) is 8.12. The van der Waals surface area contributed by atoms with E-state index in [1.54, 1.807) is 19.1 Å². The summed E-state index contributed by atoms with van der Waals surface area (Å²) in [5, 5.41) is 5.28. The minimum atomic E-state index is -0.311. The Kier molecular flexibility index (Phi) is 6.28. The number of ether oxygens (including phenoxy) is 2. The maximum atomic E-state index is 12.3. The molecule has 1 aliphatic heterocycles.